The average molecular weight is 389 g/mol. The van der Waals surface area contributed by atoms with Crippen LogP contribution in [-0.4, -0.2) is 22.7 Å². The number of nitrogens with zero attached hydrogens (tertiary/aromatic N) is 2. The van der Waals surface area contributed by atoms with Crippen molar-refractivity contribution >= 4 is 51.9 Å². The third-order valence-electron chi connectivity index (χ3n) is 3.32. The van der Waals surface area contributed by atoms with Gasteiger partial charge in [0.15, 0.2) is 17.9 Å². The lowest BCUT2D eigenvalue weighted by Crippen LogP contribution is -2.10. The molecule has 26 heavy (non-hydrogen) atoms. The highest BCUT2D eigenvalue weighted by molar-refractivity contribution is 6.37. The highest BCUT2D eigenvalue weighted by Crippen LogP contribution is 2.35. The minimum atomic E-state index is -1.15. The summed E-state index contributed by atoms with van der Waals surface area (Å²) >= 11 is 12.2. The van der Waals surface area contributed by atoms with E-state index in [0.717, 1.165) is 0 Å². The maximum Gasteiger partial charge on any atom is 0.341 e. The van der Waals surface area contributed by atoms with E-state index in [2.05, 4.69) is 4.98 Å². The number of nitriles is 1. The van der Waals surface area contributed by atoms with Crippen molar-refractivity contribution in [3.8, 4) is 11.8 Å². The van der Waals surface area contributed by atoms with Gasteiger partial charge in [0, 0.05) is 0 Å². The average Bonchev–Trinajstić information content (AvgIpc) is 3.02. The summed E-state index contributed by atoms with van der Waals surface area (Å²) in [5.41, 5.74) is 1.91. The first-order valence-electron chi connectivity index (χ1n) is 7.29. The zero-order chi connectivity index (χ0) is 18.7. The van der Waals surface area contributed by atoms with Crippen LogP contribution >= 0.6 is 23.2 Å². The molecule has 3 aromatic rings. The quantitative estimate of drug-likeness (QED) is 0.638. The monoisotopic (exact) mass is 388 g/mol. The highest BCUT2D eigenvalue weighted by atomic mass is 35.5. The van der Waals surface area contributed by atoms with Crippen LogP contribution in [-0.2, 0) is 4.79 Å². The number of para-hydroxylation sites is 2. The molecule has 0 bridgehead atoms. The molecule has 0 aliphatic rings. The standard InChI is InChI=1S/C18H10Cl2N2O4/c19-12-6-10(7-13(20)17(12)25-9-16(23)24)5-11(8-21)18-22-14-3-1-2-4-15(14)26-18/h1-7H,9H2,(H,23,24)/b11-5+. The van der Waals surface area contributed by atoms with Crippen LogP contribution in [0.4, 0.5) is 0 Å². The summed E-state index contributed by atoms with van der Waals surface area (Å²) in [5.74, 6) is -0.913. The molecule has 1 aromatic heterocycles. The van der Waals surface area contributed by atoms with Crippen LogP contribution in [0.25, 0.3) is 22.7 Å². The third-order valence-corrected chi connectivity index (χ3v) is 3.88. The molecular formula is C18H10Cl2N2O4. The number of ether oxygens (including phenoxy) is 1. The number of benzene rings is 2. The molecule has 130 valence electrons. The first kappa shape index (κ1) is 17.8. The first-order valence-corrected chi connectivity index (χ1v) is 8.05. The minimum Gasteiger partial charge on any atom is -0.479 e. The molecule has 0 spiro atoms. The first-order chi connectivity index (χ1) is 12.5. The van der Waals surface area contributed by atoms with Crippen molar-refractivity contribution in [3.05, 3.63) is 57.9 Å². The summed E-state index contributed by atoms with van der Waals surface area (Å²) in [5, 5.41) is 18.4. The number of rotatable bonds is 5. The largest absolute Gasteiger partial charge is 0.479 e. The number of aromatic nitrogens is 1. The van der Waals surface area contributed by atoms with Gasteiger partial charge in [-0.1, -0.05) is 35.3 Å². The normalized spacial score (nSPS) is 11.3. The maximum atomic E-state index is 10.6. The Bertz CT molecular complexity index is 1010. The number of hydrogen-bond donors (Lipinski definition) is 1. The summed E-state index contributed by atoms with van der Waals surface area (Å²) in [6.07, 6.45) is 1.52. The predicted molar refractivity (Wildman–Crippen MR) is 97.1 cm³/mol. The second-order valence-electron chi connectivity index (χ2n) is 5.15. The highest BCUT2D eigenvalue weighted by Gasteiger charge is 2.14. The summed E-state index contributed by atoms with van der Waals surface area (Å²) in [6, 6.07) is 12.2. The summed E-state index contributed by atoms with van der Waals surface area (Å²) in [4.78, 5) is 14.9. The van der Waals surface area contributed by atoms with Crippen LogP contribution in [0.2, 0.25) is 10.0 Å². The number of carbonyl (C=O) groups is 1. The molecule has 0 amide bonds. The SMILES string of the molecule is N#C/C(=C\c1cc(Cl)c(OCC(=O)O)c(Cl)c1)c1nc2ccccc2o1. The molecule has 0 unspecified atom stereocenters. The lowest BCUT2D eigenvalue weighted by Gasteiger charge is -2.09. The number of carboxylic acid groups (broad SMARTS) is 1. The van der Waals surface area contributed by atoms with E-state index in [1.807, 2.05) is 18.2 Å². The van der Waals surface area contributed by atoms with Crippen LogP contribution in [0.3, 0.4) is 0 Å². The fraction of sp³-hybridized carbons (Fsp3) is 0.0556. The second-order valence-corrected chi connectivity index (χ2v) is 5.97. The van der Waals surface area contributed by atoms with Gasteiger partial charge in [0.05, 0.1) is 10.0 Å². The van der Waals surface area contributed by atoms with Gasteiger partial charge < -0.3 is 14.3 Å². The third kappa shape index (κ3) is 3.80. The van der Waals surface area contributed by atoms with Crippen molar-refractivity contribution in [2.75, 3.05) is 6.61 Å². The minimum absolute atomic E-state index is 0.0632. The van der Waals surface area contributed by atoms with Crippen LogP contribution < -0.4 is 4.74 Å². The molecule has 0 aliphatic carbocycles. The van der Waals surface area contributed by atoms with Crippen LogP contribution in [0, 0.1) is 11.3 Å². The molecule has 0 atom stereocenters. The van der Waals surface area contributed by atoms with Gasteiger partial charge in [0.25, 0.3) is 0 Å². The number of hydrogen-bond acceptors (Lipinski definition) is 5. The maximum absolute atomic E-state index is 10.6. The van der Waals surface area contributed by atoms with Crippen molar-refractivity contribution in [1.82, 2.24) is 4.98 Å². The van der Waals surface area contributed by atoms with Crippen LogP contribution in [0.5, 0.6) is 5.75 Å². The molecule has 6 nitrogen and oxygen atoms in total. The second kappa shape index (κ2) is 7.48. The Morgan fingerprint density at radius 1 is 1.31 bits per heavy atom. The van der Waals surface area contributed by atoms with Gasteiger partial charge in [0.2, 0.25) is 5.89 Å². The zero-order valence-electron chi connectivity index (χ0n) is 13.1. The van der Waals surface area contributed by atoms with E-state index < -0.39 is 12.6 Å². The molecular weight excluding hydrogens is 379 g/mol. The van der Waals surface area contributed by atoms with Gasteiger partial charge in [0.1, 0.15) is 17.2 Å². The van der Waals surface area contributed by atoms with E-state index in [0.29, 0.717) is 16.7 Å². The number of oxazole rings is 1. The number of aliphatic carboxylic acids is 1. The number of halogens is 2. The molecule has 3 rings (SSSR count). The van der Waals surface area contributed by atoms with E-state index >= 15 is 0 Å². The summed E-state index contributed by atoms with van der Waals surface area (Å²) in [6.45, 7) is -0.568. The Morgan fingerprint density at radius 3 is 2.62 bits per heavy atom. The smallest absolute Gasteiger partial charge is 0.341 e. The van der Waals surface area contributed by atoms with Gasteiger partial charge in [-0.05, 0) is 35.9 Å². The Kier molecular flexibility index (Phi) is 5.12. The summed E-state index contributed by atoms with van der Waals surface area (Å²) < 4.78 is 10.6. The van der Waals surface area contributed by atoms with Crippen LogP contribution in [0.1, 0.15) is 11.5 Å². The topological polar surface area (TPSA) is 96.3 Å². The Balaban J connectivity index is 1.96. The van der Waals surface area contributed by atoms with Gasteiger partial charge >= 0.3 is 5.97 Å². The van der Waals surface area contributed by atoms with E-state index in [4.69, 9.17) is 37.5 Å². The van der Waals surface area contributed by atoms with Gasteiger partial charge in [-0.2, -0.15) is 5.26 Å². The molecule has 0 saturated heterocycles. The lowest BCUT2D eigenvalue weighted by atomic mass is 10.1. The van der Waals surface area contributed by atoms with E-state index in [9.17, 15) is 10.1 Å². The summed E-state index contributed by atoms with van der Waals surface area (Å²) in [7, 11) is 0. The Morgan fingerprint density at radius 2 is 2.00 bits per heavy atom. The van der Waals surface area contributed by atoms with Crippen molar-refractivity contribution in [1.29, 1.82) is 5.26 Å². The van der Waals surface area contributed by atoms with Crippen molar-refractivity contribution < 1.29 is 19.1 Å². The number of carboxylic acids is 1. The van der Waals surface area contributed by atoms with Gasteiger partial charge in [-0.25, -0.2) is 9.78 Å². The number of fused-ring (bicyclic) bond motifs is 1. The zero-order valence-corrected chi connectivity index (χ0v) is 14.6. The van der Waals surface area contributed by atoms with Crippen molar-refractivity contribution in [2.45, 2.75) is 0 Å². The molecule has 8 heteroatoms. The molecule has 0 saturated carbocycles. The Labute approximate surface area is 157 Å². The van der Waals surface area contributed by atoms with E-state index in [1.165, 1.54) is 18.2 Å². The Hall–Kier alpha value is -3.01. The molecule has 1 heterocycles. The molecule has 0 fully saturated rings. The van der Waals surface area contributed by atoms with Crippen molar-refractivity contribution in [2.24, 2.45) is 0 Å². The van der Waals surface area contributed by atoms with Gasteiger partial charge in [-0.15, -0.1) is 0 Å². The van der Waals surface area contributed by atoms with E-state index in [1.54, 1.807) is 12.1 Å². The molecule has 1 N–H and O–H groups in total. The van der Waals surface area contributed by atoms with Crippen molar-refractivity contribution in [3.63, 3.8) is 0 Å². The fourth-order valence-corrected chi connectivity index (χ4v) is 2.84. The molecule has 0 aliphatic heterocycles. The fourth-order valence-electron chi connectivity index (χ4n) is 2.23. The molecule has 2 aromatic carbocycles. The number of allylic oxidation sites excluding steroid dienone is 1. The lowest BCUT2D eigenvalue weighted by molar-refractivity contribution is -0.139. The predicted octanol–water partition coefficient (Wildman–Crippen LogP) is 4.66. The van der Waals surface area contributed by atoms with Gasteiger partial charge in [-0.3, -0.25) is 0 Å². The molecule has 0 radical (unpaired) electrons. The van der Waals surface area contributed by atoms with Crippen LogP contribution in [0.15, 0.2) is 40.8 Å². The van der Waals surface area contributed by atoms with E-state index in [-0.39, 0.29) is 27.3 Å².